The minimum atomic E-state index is -4.55. The lowest BCUT2D eigenvalue weighted by Crippen LogP contribution is -2.47. The fraction of sp³-hybridized carbons (Fsp3) is 0.350. The zero-order valence-electron chi connectivity index (χ0n) is 16.4. The Morgan fingerprint density at radius 3 is 2.45 bits per heavy atom. The lowest BCUT2D eigenvalue weighted by atomic mass is 10.1. The normalized spacial score (nSPS) is 15.0. The van der Waals surface area contributed by atoms with E-state index < -0.39 is 22.6 Å². The highest BCUT2D eigenvalue weighted by atomic mass is 19.4. The highest BCUT2D eigenvalue weighted by molar-refractivity contribution is 6.05. The highest BCUT2D eigenvalue weighted by Crippen LogP contribution is 2.32. The van der Waals surface area contributed by atoms with Gasteiger partial charge in [0.05, 0.1) is 17.1 Å². The number of hydrogen-bond donors (Lipinski definition) is 2. The van der Waals surface area contributed by atoms with E-state index in [1.54, 1.807) is 0 Å². The van der Waals surface area contributed by atoms with E-state index in [4.69, 9.17) is 5.11 Å². The lowest BCUT2D eigenvalue weighted by molar-refractivity contribution is -0.384. The molecule has 2 N–H and O–H groups in total. The maximum Gasteiger partial charge on any atom is 0.416 e. The first-order valence-electron chi connectivity index (χ1n) is 9.54. The van der Waals surface area contributed by atoms with E-state index >= 15 is 0 Å². The predicted octanol–water partition coefficient (Wildman–Crippen LogP) is 2.98. The Hall–Kier alpha value is -3.18. The summed E-state index contributed by atoms with van der Waals surface area (Å²) in [6, 6.07) is 8.16. The quantitative estimate of drug-likeness (QED) is 0.532. The molecule has 1 amide bonds. The van der Waals surface area contributed by atoms with Crippen LogP contribution in [0.4, 0.5) is 30.2 Å². The number of aliphatic hydroxyl groups is 1. The van der Waals surface area contributed by atoms with Crippen LogP contribution in [-0.4, -0.2) is 60.2 Å². The van der Waals surface area contributed by atoms with Crippen molar-refractivity contribution in [2.75, 3.05) is 49.5 Å². The Balaban J connectivity index is 1.78. The maximum atomic E-state index is 12.9. The van der Waals surface area contributed by atoms with Crippen LogP contribution in [-0.2, 0) is 6.18 Å². The summed E-state index contributed by atoms with van der Waals surface area (Å²) in [5.74, 6) is -0.748. The number of carbonyl (C=O) groups is 1. The van der Waals surface area contributed by atoms with Crippen LogP contribution in [0.5, 0.6) is 0 Å². The zero-order chi connectivity index (χ0) is 22.6. The summed E-state index contributed by atoms with van der Waals surface area (Å²) in [4.78, 5) is 27.4. The Morgan fingerprint density at radius 2 is 1.84 bits per heavy atom. The van der Waals surface area contributed by atoms with Gasteiger partial charge in [0.25, 0.3) is 11.6 Å². The van der Waals surface area contributed by atoms with E-state index in [1.165, 1.54) is 24.3 Å². The van der Waals surface area contributed by atoms with Crippen LogP contribution in [0.2, 0.25) is 0 Å². The van der Waals surface area contributed by atoms with E-state index in [1.807, 2.05) is 9.80 Å². The molecular weight excluding hydrogens is 417 g/mol. The van der Waals surface area contributed by atoms with Gasteiger partial charge in [-0.2, -0.15) is 13.2 Å². The van der Waals surface area contributed by atoms with Crippen LogP contribution in [0.3, 0.4) is 0 Å². The summed E-state index contributed by atoms with van der Waals surface area (Å²) in [7, 11) is 0. The van der Waals surface area contributed by atoms with Gasteiger partial charge >= 0.3 is 6.18 Å². The van der Waals surface area contributed by atoms with Gasteiger partial charge in [-0.3, -0.25) is 19.8 Å². The number of nitrogens with zero attached hydrogens (tertiary/aromatic N) is 3. The van der Waals surface area contributed by atoms with Crippen LogP contribution < -0.4 is 10.2 Å². The summed E-state index contributed by atoms with van der Waals surface area (Å²) < 4.78 is 38.6. The van der Waals surface area contributed by atoms with E-state index in [9.17, 15) is 28.1 Å². The second-order valence-corrected chi connectivity index (χ2v) is 7.05. The number of alkyl halides is 3. The Bertz CT molecular complexity index is 960. The van der Waals surface area contributed by atoms with Gasteiger partial charge in [0.1, 0.15) is 5.69 Å². The largest absolute Gasteiger partial charge is 0.416 e. The second-order valence-electron chi connectivity index (χ2n) is 7.05. The number of nitro benzene ring substituents is 1. The SMILES string of the molecule is O=C(Nc1cccc(C(F)(F)F)c1)c1ccc(N2CCN(CCO)CC2)c([N+](=O)[O-])c1. The van der Waals surface area contributed by atoms with Crippen LogP contribution >= 0.6 is 0 Å². The van der Waals surface area contributed by atoms with E-state index in [2.05, 4.69) is 5.32 Å². The molecule has 0 aromatic heterocycles. The molecule has 0 unspecified atom stereocenters. The number of β-amino-alcohol motifs (C(OH)–C–C–N with tert-alkyl or cyclic N) is 1. The maximum absolute atomic E-state index is 12.9. The molecule has 0 radical (unpaired) electrons. The van der Waals surface area contributed by atoms with Crippen LogP contribution in [0.1, 0.15) is 15.9 Å². The third-order valence-electron chi connectivity index (χ3n) is 5.01. The number of aliphatic hydroxyl groups excluding tert-OH is 1. The third kappa shape index (κ3) is 5.50. The number of piperazine rings is 1. The zero-order valence-corrected chi connectivity index (χ0v) is 16.4. The van der Waals surface area contributed by atoms with Crippen molar-refractivity contribution in [3.8, 4) is 0 Å². The Morgan fingerprint density at radius 1 is 1.13 bits per heavy atom. The topological polar surface area (TPSA) is 99.0 Å². The van der Waals surface area contributed by atoms with Crippen LogP contribution in [0.25, 0.3) is 0 Å². The molecule has 1 aliphatic rings. The Kier molecular flexibility index (Phi) is 6.76. The minimum absolute atomic E-state index is 0.0354. The fourth-order valence-electron chi connectivity index (χ4n) is 3.41. The Labute approximate surface area is 176 Å². The fourth-order valence-corrected chi connectivity index (χ4v) is 3.41. The van der Waals surface area contributed by atoms with Gasteiger partial charge in [-0.1, -0.05) is 6.07 Å². The molecule has 2 aromatic carbocycles. The molecule has 31 heavy (non-hydrogen) atoms. The monoisotopic (exact) mass is 438 g/mol. The molecule has 166 valence electrons. The summed E-state index contributed by atoms with van der Waals surface area (Å²) in [6.07, 6.45) is -4.55. The number of halogens is 3. The first-order chi connectivity index (χ1) is 14.7. The molecule has 11 heteroatoms. The molecule has 2 aromatic rings. The molecule has 0 atom stereocenters. The summed E-state index contributed by atoms with van der Waals surface area (Å²) >= 11 is 0. The number of rotatable bonds is 6. The predicted molar refractivity (Wildman–Crippen MR) is 108 cm³/mol. The van der Waals surface area contributed by atoms with Crippen molar-refractivity contribution in [3.63, 3.8) is 0 Å². The average Bonchev–Trinajstić information content (AvgIpc) is 2.73. The molecule has 1 aliphatic heterocycles. The van der Waals surface area contributed by atoms with Crippen molar-refractivity contribution < 1.29 is 28.0 Å². The van der Waals surface area contributed by atoms with Gasteiger partial charge in [0, 0.05) is 50.0 Å². The number of nitrogens with one attached hydrogen (secondary N) is 1. The summed E-state index contributed by atoms with van der Waals surface area (Å²) in [6.45, 7) is 2.89. The van der Waals surface area contributed by atoms with Gasteiger partial charge < -0.3 is 15.3 Å². The van der Waals surface area contributed by atoms with Gasteiger partial charge in [-0.25, -0.2) is 0 Å². The van der Waals surface area contributed by atoms with Crippen molar-refractivity contribution in [3.05, 3.63) is 63.7 Å². The molecule has 0 saturated carbocycles. The molecule has 0 spiro atoms. The minimum Gasteiger partial charge on any atom is -0.395 e. The van der Waals surface area contributed by atoms with Crippen molar-refractivity contribution in [2.45, 2.75) is 6.18 Å². The number of amides is 1. The molecule has 0 aliphatic carbocycles. The number of benzene rings is 2. The van der Waals surface area contributed by atoms with E-state index in [0.717, 1.165) is 18.2 Å². The standard InChI is InChI=1S/C20H21F3N4O4/c21-20(22,23)15-2-1-3-16(13-15)24-19(29)14-4-5-17(18(12-14)27(30)31)26-8-6-25(7-9-26)10-11-28/h1-5,12-13,28H,6-11H2,(H,24,29). The molecule has 8 nitrogen and oxygen atoms in total. The van der Waals surface area contributed by atoms with Gasteiger partial charge in [0.2, 0.25) is 0 Å². The van der Waals surface area contributed by atoms with Crippen LogP contribution in [0.15, 0.2) is 42.5 Å². The van der Waals surface area contributed by atoms with E-state index in [0.29, 0.717) is 38.4 Å². The van der Waals surface area contributed by atoms with E-state index in [-0.39, 0.29) is 23.5 Å². The molecule has 1 heterocycles. The highest BCUT2D eigenvalue weighted by Gasteiger charge is 2.30. The number of anilines is 2. The van der Waals surface area contributed by atoms with Crippen molar-refractivity contribution in [2.24, 2.45) is 0 Å². The molecule has 0 bridgehead atoms. The molecule has 1 saturated heterocycles. The van der Waals surface area contributed by atoms with Crippen molar-refractivity contribution in [1.82, 2.24) is 4.90 Å². The number of carbonyl (C=O) groups excluding carboxylic acids is 1. The third-order valence-corrected chi connectivity index (χ3v) is 5.01. The summed E-state index contributed by atoms with van der Waals surface area (Å²) in [5, 5.41) is 23.0. The molecule has 1 fully saturated rings. The molecular formula is C20H21F3N4O4. The molecule has 3 rings (SSSR count). The van der Waals surface area contributed by atoms with Gasteiger partial charge in [0.15, 0.2) is 0 Å². The van der Waals surface area contributed by atoms with Gasteiger partial charge in [-0.05, 0) is 30.3 Å². The lowest BCUT2D eigenvalue weighted by Gasteiger charge is -2.35. The van der Waals surface area contributed by atoms with Crippen LogP contribution in [0, 0.1) is 10.1 Å². The first kappa shape index (κ1) is 22.5. The average molecular weight is 438 g/mol. The number of nitro groups is 1. The summed E-state index contributed by atoms with van der Waals surface area (Å²) in [5.41, 5.74) is -0.901. The smallest absolute Gasteiger partial charge is 0.395 e. The first-order valence-corrected chi connectivity index (χ1v) is 9.54. The second kappa shape index (κ2) is 9.31. The van der Waals surface area contributed by atoms with Crippen molar-refractivity contribution in [1.29, 1.82) is 0 Å². The van der Waals surface area contributed by atoms with Crippen molar-refractivity contribution >= 4 is 23.0 Å². The van der Waals surface area contributed by atoms with Gasteiger partial charge in [-0.15, -0.1) is 0 Å². The number of hydrogen-bond acceptors (Lipinski definition) is 6.